The predicted octanol–water partition coefficient (Wildman–Crippen LogP) is 0.444. The summed E-state index contributed by atoms with van der Waals surface area (Å²) >= 11 is 0. The van der Waals surface area contributed by atoms with Gasteiger partial charge in [0.1, 0.15) is 6.04 Å². The van der Waals surface area contributed by atoms with Gasteiger partial charge in [0.2, 0.25) is 0 Å². The van der Waals surface area contributed by atoms with Crippen molar-refractivity contribution < 1.29 is 9.90 Å². The zero-order valence-corrected chi connectivity index (χ0v) is 5.79. The normalized spacial score (nSPS) is 16.8. The van der Waals surface area contributed by atoms with Crippen molar-refractivity contribution in [1.82, 2.24) is 0 Å². The van der Waals surface area contributed by atoms with E-state index in [1.54, 1.807) is 0 Å². The quantitative estimate of drug-likeness (QED) is 0.587. The van der Waals surface area contributed by atoms with Crippen LogP contribution in [0.1, 0.15) is 20.3 Å². The number of aliphatic carboxylic acids is 1. The minimum Gasteiger partial charge on any atom is -0.480 e. The van der Waals surface area contributed by atoms with Gasteiger partial charge in [-0.25, -0.2) is 0 Å². The summed E-state index contributed by atoms with van der Waals surface area (Å²) in [4.78, 5) is 10.2. The molecule has 2 atom stereocenters. The molecule has 0 aliphatic rings. The lowest BCUT2D eigenvalue weighted by atomic mass is 10.0. The number of rotatable bonds is 3. The van der Waals surface area contributed by atoms with Gasteiger partial charge in [0, 0.05) is 0 Å². The van der Waals surface area contributed by atoms with E-state index in [1.807, 2.05) is 13.8 Å². The Morgan fingerprint density at radius 1 is 1.89 bits per heavy atom. The van der Waals surface area contributed by atoms with E-state index in [0.717, 1.165) is 6.42 Å². The first kappa shape index (κ1) is 8.43. The topological polar surface area (TPSA) is 63.3 Å². The molecule has 0 radical (unpaired) electrons. The number of carbonyl (C=O) groups is 1. The number of nitrogens with two attached hydrogens (primary N) is 1. The van der Waals surface area contributed by atoms with Gasteiger partial charge in [-0.15, -0.1) is 0 Å². The molecule has 3 N–H and O–H groups in total. The molecule has 0 aromatic rings. The highest BCUT2D eigenvalue weighted by molar-refractivity contribution is 5.73. The molecule has 54 valence electrons. The van der Waals surface area contributed by atoms with E-state index < -0.39 is 12.0 Å². The van der Waals surface area contributed by atoms with Crippen LogP contribution in [-0.4, -0.2) is 17.1 Å². The maximum atomic E-state index is 10.2. The molecular weight excluding hydrogens is 120 g/mol. The van der Waals surface area contributed by atoms with Crippen LogP contribution in [-0.2, 0) is 4.79 Å². The molecule has 0 aromatic carbocycles. The molecule has 0 saturated carbocycles. The van der Waals surface area contributed by atoms with Crippen LogP contribution < -0.4 is 5.73 Å². The summed E-state index contributed by atoms with van der Waals surface area (Å²) in [7, 11) is 0. The Bertz CT molecular complexity index is 103. The largest absolute Gasteiger partial charge is 0.480 e. The second-order valence-corrected chi connectivity index (χ2v) is 2.25. The molecule has 0 saturated heterocycles. The smallest absolute Gasteiger partial charge is 0.320 e. The Labute approximate surface area is 54.9 Å². The summed E-state index contributed by atoms with van der Waals surface area (Å²) in [6, 6.07) is -0.699. The molecular formula is C6H13NO2. The predicted molar refractivity (Wildman–Crippen MR) is 35.1 cm³/mol. The monoisotopic (exact) mass is 133 g/mol. The third-order valence-electron chi connectivity index (χ3n) is 1.54. The third-order valence-corrected chi connectivity index (χ3v) is 1.54. The van der Waals surface area contributed by atoms with Gasteiger partial charge in [0.05, 0.1) is 0 Å². The lowest BCUT2D eigenvalue weighted by Gasteiger charge is -2.11. The molecule has 0 aliphatic heterocycles. The third kappa shape index (κ3) is 2.46. The van der Waals surface area contributed by atoms with Gasteiger partial charge < -0.3 is 10.8 Å². The molecule has 3 nitrogen and oxygen atoms in total. The van der Waals surface area contributed by atoms with E-state index in [9.17, 15) is 4.79 Å². The highest BCUT2D eigenvalue weighted by Crippen LogP contribution is 2.04. The van der Waals surface area contributed by atoms with Crippen LogP contribution in [0.2, 0.25) is 0 Å². The molecule has 0 heterocycles. The molecule has 0 aliphatic carbocycles. The van der Waals surface area contributed by atoms with Gasteiger partial charge in [-0.2, -0.15) is 0 Å². The van der Waals surface area contributed by atoms with E-state index in [0.29, 0.717) is 0 Å². The van der Waals surface area contributed by atoms with Gasteiger partial charge in [-0.05, 0) is 5.92 Å². The number of hydrogen-bond donors (Lipinski definition) is 2. The fraction of sp³-hybridized carbons (Fsp3) is 0.833. The van der Waals surface area contributed by atoms with Crippen molar-refractivity contribution >= 4 is 5.97 Å². The van der Waals surface area contributed by atoms with Crippen LogP contribution in [0.4, 0.5) is 0 Å². The molecule has 3 heteroatoms. The van der Waals surface area contributed by atoms with Gasteiger partial charge >= 0.3 is 5.97 Å². The molecule has 0 amide bonds. The molecule has 0 rings (SSSR count). The molecule has 0 fully saturated rings. The lowest BCUT2D eigenvalue weighted by molar-refractivity contribution is -0.139. The summed E-state index contributed by atoms with van der Waals surface area (Å²) in [5.74, 6) is -0.841. The van der Waals surface area contributed by atoms with E-state index >= 15 is 0 Å². The highest BCUT2D eigenvalue weighted by atomic mass is 16.4. The van der Waals surface area contributed by atoms with Crippen LogP contribution in [0.5, 0.6) is 0 Å². The lowest BCUT2D eigenvalue weighted by Crippen LogP contribution is -2.36. The van der Waals surface area contributed by atoms with Crippen LogP contribution >= 0.6 is 0 Å². The van der Waals surface area contributed by atoms with Crippen molar-refractivity contribution in [2.24, 2.45) is 11.7 Å². The summed E-state index contributed by atoms with van der Waals surface area (Å²) in [5, 5.41) is 8.36. The van der Waals surface area contributed by atoms with Gasteiger partial charge in [0.15, 0.2) is 0 Å². The zero-order chi connectivity index (χ0) is 7.44. The van der Waals surface area contributed by atoms with Crippen molar-refractivity contribution in [3.8, 4) is 0 Å². The van der Waals surface area contributed by atoms with E-state index in [4.69, 9.17) is 10.8 Å². The first-order valence-corrected chi connectivity index (χ1v) is 3.08. The maximum Gasteiger partial charge on any atom is 0.320 e. The highest BCUT2D eigenvalue weighted by Gasteiger charge is 2.17. The van der Waals surface area contributed by atoms with Gasteiger partial charge in [-0.1, -0.05) is 20.3 Å². The number of carboxylic acid groups (broad SMARTS) is 1. The summed E-state index contributed by atoms with van der Waals surface area (Å²) in [6.07, 6.45) is 0.813. The standard InChI is InChI=1S/C6H13NO2/c1-3-4(2)5(7)6(8)9/h4-5H,3,7H2,1-2H3,(H,8,9)/t4-,5-/m0/s1/i1+2. The Balaban J connectivity index is 3.72. The summed E-state index contributed by atoms with van der Waals surface area (Å²) in [6.45, 7) is 3.76. The number of hydrogen-bond acceptors (Lipinski definition) is 2. The van der Waals surface area contributed by atoms with Crippen LogP contribution in [0, 0.1) is 5.92 Å². The molecule has 0 unspecified atom stereocenters. The van der Waals surface area contributed by atoms with Crippen LogP contribution in [0.25, 0.3) is 0 Å². The van der Waals surface area contributed by atoms with Crippen LogP contribution in [0.3, 0.4) is 0 Å². The number of carboxylic acids is 1. The second kappa shape index (κ2) is 3.45. The van der Waals surface area contributed by atoms with Crippen LogP contribution in [0.15, 0.2) is 0 Å². The Morgan fingerprint density at radius 2 is 2.33 bits per heavy atom. The van der Waals surface area contributed by atoms with E-state index in [-0.39, 0.29) is 5.92 Å². The van der Waals surface area contributed by atoms with Crippen molar-refractivity contribution in [2.75, 3.05) is 0 Å². The van der Waals surface area contributed by atoms with E-state index in [2.05, 4.69) is 0 Å². The van der Waals surface area contributed by atoms with Gasteiger partial charge in [-0.3, -0.25) is 4.79 Å². The van der Waals surface area contributed by atoms with Crippen molar-refractivity contribution in [2.45, 2.75) is 26.3 Å². The second-order valence-electron chi connectivity index (χ2n) is 2.25. The fourth-order valence-corrected chi connectivity index (χ4v) is 0.497. The Hall–Kier alpha value is -0.570. The summed E-state index contributed by atoms with van der Waals surface area (Å²) < 4.78 is 0. The van der Waals surface area contributed by atoms with Crippen molar-refractivity contribution in [1.29, 1.82) is 0 Å². The van der Waals surface area contributed by atoms with Gasteiger partial charge in [0.25, 0.3) is 0 Å². The van der Waals surface area contributed by atoms with E-state index in [1.165, 1.54) is 0 Å². The zero-order valence-electron chi connectivity index (χ0n) is 5.79. The average Bonchev–Trinajstić information content (AvgIpc) is 1.84. The fourth-order valence-electron chi connectivity index (χ4n) is 0.497. The first-order chi connectivity index (χ1) is 4.09. The molecule has 0 spiro atoms. The molecule has 0 bridgehead atoms. The minimum absolute atomic E-state index is 0.0718. The average molecular weight is 133 g/mol. The SMILES string of the molecule is C[C@@H](C[14CH3])[C@H](N)C(=O)O. The maximum absolute atomic E-state index is 10.2. The van der Waals surface area contributed by atoms with Crippen molar-refractivity contribution in [3.05, 3.63) is 0 Å². The Morgan fingerprint density at radius 3 is 2.44 bits per heavy atom. The van der Waals surface area contributed by atoms with Crippen molar-refractivity contribution in [3.63, 3.8) is 0 Å². The first-order valence-electron chi connectivity index (χ1n) is 3.08. The minimum atomic E-state index is -0.913. The molecule has 9 heavy (non-hydrogen) atoms. The Kier molecular flexibility index (Phi) is 3.24. The summed E-state index contributed by atoms with van der Waals surface area (Å²) in [5.41, 5.74) is 5.27. The molecule has 0 aromatic heterocycles.